The second-order valence-corrected chi connectivity index (χ2v) is 9.02. The summed E-state index contributed by atoms with van der Waals surface area (Å²) < 4.78 is 5.48. The van der Waals surface area contributed by atoms with Crippen LogP contribution in [0, 0.1) is 20.8 Å². The second kappa shape index (κ2) is 11.0. The van der Waals surface area contributed by atoms with Crippen molar-refractivity contribution in [1.82, 2.24) is 30.7 Å². The Labute approximate surface area is 206 Å². The molecule has 3 aromatic rings. The van der Waals surface area contributed by atoms with Crippen molar-refractivity contribution < 1.29 is 9.32 Å². The highest BCUT2D eigenvalue weighted by molar-refractivity contribution is 5.76. The van der Waals surface area contributed by atoms with E-state index >= 15 is 0 Å². The topological polar surface area (TPSA) is 99.4 Å². The monoisotopic (exact) mass is 477 g/mol. The van der Waals surface area contributed by atoms with Crippen LogP contribution in [0.25, 0.3) is 22.6 Å². The van der Waals surface area contributed by atoms with E-state index in [0.717, 1.165) is 72.4 Å². The summed E-state index contributed by atoms with van der Waals surface area (Å²) in [5.74, 6) is 2.42. The van der Waals surface area contributed by atoms with Crippen molar-refractivity contribution in [1.29, 1.82) is 0 Å². The lowest BCUT2D eigenvalue weighted by Gasteiger charge is -2.36. The van der Waals surface area contributed by atoms with Crippen LogP contribution < -0.4 is 15.5 Å². The number of benzene rings is 1. The molecule has 9 heteroatoms. The average Bonchev–Trinajstić information content (AvgIpc) is 3.20. The maximum Gasteiger partial charge on any atom is 0.219 e. The van der Waals surface area contributed by atoms with Gasteiger partial charge in [-0.3, -0.25) is 4.79 Å². The van der Waals surface area contributed by atoms with Gasteiger partial charge in [0, 0.05) is 63.9 Å². The summed E-state index contributed by atoms with van der Waals surface area (Å²) in [4.78, 5) is 26.0. The Bertz CT molecular complexity index is 1160. The predicted octanol–water partition coefficient (Wildman–Crippen LogP) is 2.70. The number of hydrogen-bond donors (Lipinski definition) is 2. The Morgan fingerprint density at radius 2 is 1.86 bits per heavy atom. The van der Waals surface area contributed by atoms with Crippen molar-refractivity contribution >= 4 is 11.7 Å². The molecule has 0 bridgehead atoms. The first-order valence-corrected chi connectivity index (χ1v) is 12.2. The van der Waals surface area contributed by atoms with Gasteiger partial charge in [-0.25, -0.2) is 9.97 Å². The number of rotatable bonds is 8. The number of nitrogens with one attached hydrogen (secondary N) is 2. The molecule has 0 atom stereocenters. The molecule has 186 valence electrons. The summed E-state index contributed by atoms with van der Waals surface area (Å²) in [6.07, 6.45) is 0. The Morgan fingerprint density at radius 3 is 2.51 bits per heavy atom. The third kappa shape index (κ3) is 5.52. The highest BCUT2D eigenvalue weighted by Crippen LogP contribution is 2.34. The Hall–Kier alpha value is -3.30. The zero-order valence-electron chi connectivity index (χ0n) is 21.3. The molecule has 1 fully saturated rings. The van der Waals surface area contributed by atoms with E-state index in [0.29, 0.717) is 18.9 Å². The van der Waals surface area contributed by atoms with E-state index in [4.69, 9.17) is 14.5 Å². The molecule has 2 aromatic heterocycles. The molecular weight excluding hydrogens is 442 g/mol. The summed E-state index contributed by atoms with van der Waals surface area (Å²) in [6.45, 7) is 13.0. The van der Waals surface area contributed by atoms with Crippen molar-refractivity contribution in [2.24, 2.45) is 0 Å². The first kappa shape index (κ1) is 24.8. The van der Waals surface area contributed by atoms with E-state index in [9.17, 15) is 4.79 Å². The normalized spacial score (nSPS) is 14.0. The number of piperazine rings is 1. The Balaban J connectivity index is 1.73. The predicted molar refractivity (Wildman–Crippen MR) is 137 cm³/mol. The van der Waals surface area contributed by atoms with Gasteiger partial charge >= 0.3 is 0 Å². The van der Waals surface area contributed by atoms with Crippen molar-refractivity contribution in [3.63, 3.8) is 0 Å². The van der Waals surface area contributed by atoms with Gasteiger partial charge in [-0.2, -0.15) is 0 Å². The van der Waals surface area contributed by atoms with Crippen LogP contribution in [-0.4, -0.2) is 72.2 Å². The molecule has 1 aromatic carbocycles. The van der Waals surface area contributed by atoms with Gasteiger partial charge in [-0.15, -0.1) is 0 Å². The molecule has 1 amide bonds. The lowest BCUT2D eigenvalue weighted by molar-refractivity contribution is -0.129. The zero-order chi connectivity index (χ0) is 24.9. The molecule has 4 rings (SSSR count). The number of carbonyl (C=O) groups excluding carboxylic acids is 1. The summed E-state index contributed by atoms with van der Waals surface area (Å²) in [7, 11) is 1.95. The summed E-state index contributed by atoms with van der Waals surface area (Å²) in [5, 5.41) is 10.8. The highest BCUT2D eigenvalue weighted by atomic mass is 16.5. The number of likely N-dealkylation sites (N-methyl/N-ethyl adjacent to an activating group) is 1. The Kier molecular flexibility index (Phi) is 7.77. The van der Waals surface area contributed by atoms with Crippen molar-refractivity contribution in [2.75, 3.05) is 51.2 Å². The van der Waals surface area contributed by atoms with Crippen LogP contribution in [0.1, 0.15) is 29.5 Å². The van der Waals surface area contributed by atoms with Gasteiger partial charge in [0.15, 0.2) is 5.82 Å². The number of nitrogens with zero attached hydrogens (tertiary/aromatic N) is 5. The molecule has 9 nitrogen and oxygen atoms in total. The zero-order valence-corrected chi connectivity index (χ0v) is 21.3. The summed E-state index contributed by atoms with van der Waals surface area (Å²) in [5.41, 5.74) is 5.70. The van der Waals surface area contributed by atoms with Crippen LogP contribution in [0.5, 0.6) is 0 Å². The van der Waals surface area contributed by atoms with Crippen molar-refractivity contribution in [2.45, 2.75) is 34.2 Å². The number of hydrogen-bond acceptors (Lipinski definition) is 8. The largest absolute Gasteiger partial charge is 0.361 e. The lowest BCUT2D eigenvalue weighted by Crippen LogP contribution is -2.48. The lowest BCUT2D eigenvalue weighted by atomic mass is 10.0. The van der Waals surface area contributed by atoms with Crippen LogP contribution in [0.4, 0.5) is 5.82 Å². The average molecular weight is 478 g/mol. The SMILES string of the molecule is CNCCNCc1cccc(-c2nc(-c3c(C)noc3C)c(C)c(N3CCN(C(C)=O)CC3)n2)c1. The van der Waals surface area contributed by atoms with E-state index in [2.05, 4.69) is 51.9 Å². The third-order valence-electron chi connectivity index (χ3n) is 6.48. The van der Waals surface area contributed by atoms with E-state index in [1.54, 1.807) is 6.92 Å². The first-order chi connectivity index (χ1) is 16.9. The molecule has 0 unspecified atom stereocenters. The fourth-order valence-corrected chi connectivity index (χ4v) is 4.51. The molecule has 3 heterocycles. The van der Waals surface area contributed by atoms with Gasteiger partial charge in [0.05, 0.1) is 17.0 Å². The Morgan fingerprint density at radius 1 is 1.09 bits per heavy atom. The van der Waals surface area contributed by atoms with Gasteiger partial charge in [-0.1, -0.05) is 23.4 Å². The number of anilines is 1. The highest BCUT2D eigenvalue weighted by Gasteiger charge is 2.25. The minimum absolute atomic E-state index is 0.112. The molecule has 0 aliphatic carbocycles. The van der Waals surface area contributed by atoms with Gasteiger partial charge in [0.25, 0.3) is 0 Å². The van der Waals surface area contributed by atoms with Crippen LogP contribution in [-0.2, 0) is 11.3 Å². The van der Waals surface area contributed by atoms with E-state index in [1.165, 1.54) is 5.56 Å². The minimum Gasteiger partial charge on any atom is -0.361 e. The van der Waals surface area contributed by atoms with Gasteiger partial charge in [0.2, 0.25) is 5.91 Å². The van der Waals surface area contributed by atoms with Crippen molar-refractivity contribution in [3.05, 3.63) is 46.8 Å². The van der Waals surface area contributed by atoms with Crippen LogP contribution in [0.15, 0.2) is 28.8 Å². The van der Waals surface area contributed by atoms with Crippen LogP contribution >= 0.6 is 0 Å². The van der Waals surface area contributed by atoms with Crippen LogP contribution in [0.3, 0.4) is 0 Å². The first-order valence-electron chi connectivity index (χ1n) is 12.2. The molecule has 1 aliphatic heterocycles. The van der Waals surface area contributed by atoms with E-state index in [-0.39, 0.29) is 5.91 Å². The number of amides is 1. The van der Waals surface area contributed by atoms with E-state index in [1.807, 2.05) is 25.8 Å². The van der Waals surface area contributed by atoms with E-state index < -0.39 is 0 Å². The maximum atomic E-state index is 11.8. The molecular formula is C26H35N7O2. The maximum absolute atomic E-state index is 11.8. The third-order valence-corrected chi connectivity index (χ3v) is 6.48. The standard InChI is InChI=1S/C26H35N7O2/c1-17-24(23-18(2)31-35-19(23)3)29-25(22-8-6-7-21(15-22)16-28-10-9-27-5)30-26(17)33-13-11-32(12-14-33)20(4)34/h6-8,15,27-28H,9-14,16H2,1-5H3. The summed E-state index contributed by atoms with van der Waals surface area (Å²) >= 11 is 0. The summed E-state index contributed by atoms with van der Waals surface area (Å²) in [6, 6.07) is 8.36. The smallest absolute Gasteiger partial charge is 0.219 e. The van der Waals surface area contributed by atoms with Crippen molar-refractivity contribution in [3.8, 4) is 22.6 Å². The van der Waals surface area contributed by atoms with Gasteiger partial charge < -0.3 is 25.0 Å². The number of aromatic nitrogens is 3. The molecule has 0 saturated carbocycles. The minimum atomic E-state index is 0.112. The molecule has 35 heavy (non-hydrogen) atoms. The quantitative estimate of drug-likeness (QED) is 0.478. The molecule has 1 saturated heterocycles. The van der Waals surface area contributed by atoms with Gasteiger partial charge in [0.1, 0.15) is 11.6 Å². The fraction of sp³-hybridized carbons (Fsp3) is 0.462. The van der Waals surface area contributed by atoms with Gasteiger partial charge in [-0.05, 0) is 39.4 Å². The molecule has 0 spiro atoms. The molecule has 2 N–H and O–H groups in total. The molecule has 1 aliphatic rings. The van der Waals surface area contributed by atoms with Crippen LogP contribution in [0.2, 0.25) is 0 Å². The molecule has 0 radical (unpaired) electrons. The number of carbonyl (C=O) groups is 1. The number of aryl methyl sites for hydroxylation is 2. The fourth-order valence-electron chi connectivity index (χ4n) is 4.51. The second-order valence-electron chi connectivity index (χ2n) is 9.02.